The Morgan fingerprint density at radius 1 is 1.45 bits per heavy atom. The first-order valence-corrected chi connectivity index (χ1v) is 4.95. The molecule has 1 rings (SSSR count). The minimum atomic E-state index is -0.899. The average Bonchev–Trinajstić information content (AvgIpc) is 2.14. The Hall–Kier alpha value is -0.380. The smallest absolute Gasteiger partial charge is 0.405 e. The lowest BCUT2D eigenvalue weighted by atomic mass is 10.2. The van der Waals surface area contributed by atoms with Crippen LogP contribution in [0.2, 0.25) is 0 Å². The highest BCUT2D eigenvalue weighted by Gasteiger charge is 2.13. The van der Waals surface area contributed by atoms with Crippen molar-refractivity contribution < 1.29 is 9.90 Å². The molecule has 1 unspecified atom stereocenters. The Morgan fingerprint density at radius 3 is 3.00 bits per heavy atom. The van der Waals surface area contributed by atoms with Crippen molar-refractivity contribution in [2.75, 3.05) is 5.75 Å². The molecule has 4 heteroatoms. The number of hydrogen-bond acceptors (Lipinski definition) is 2. The quantitative estimate of drug-likeness (QED) is 0.639. The molecule has 0 aromatic carbocycles. The summed E-state index contributed by atoms with van der Waals surface area (Å²) in [7, 11) is 0. The Balaban J connectivity index is 2.25. The molecule has 0 radical (unpaired) electrons. The van der Waals surface area contributed by atoms with Crippen LogP contribution in [0.3, 0.4) is 0 Å². The third-order valence-electron chi connectivity index (χ3n) is 1.71. The second-order valence-corrected chi connectivity index (χ2v) is 3.97. The van der Waals surface area contributed by atoms with Gasteiger partial charge in [0.15, 0.2) is 0 Å². The van der Waals surface area contributed by atoms with Crippen LogP contribution in [0, 0.1) is 0 Å². The zero-order valence-corrected chi connectivity index (χ0v) is 7.19. The van der Waals surface area contributed by atoms with Crippen LogP contribution in [-0.2, 0) is 0 Å². The Bertz CT molecular complexity index is 132. The van der Waals surface area contributed by atoms with Gasteiger partial charge < -0.3 is 10.4 Å². The van der Waals surface area contributed by atoms with E-state index in [1.54, 1.807) is 11.8 Å². The van der Waals surface area contributed by atoms with E-state index in [9.17, 15) is 4.79 Å². The second kappa shape index (κ2) is 4.49. The van der Waals surface area contributed by atoms with Gasteiger partial charge in [-0.15, -0.1) is 11.8 Å². The number of hydrogen-bond donors (Lipinski definition) is 2. The van der Waals surface area contributed by atoms with Crippen LogP contribution in [0.4, 0.5) is 4.79 Å². The van der Waals surface area contributed by atoms with Crippen molar-refractivity contribution in [3.05, 3.63) is 0 Å². The van der Waals surface area contributed by atoms with E-state index in [2.05, 4.69) is 5.32 Å². The lowest BCUT2D eigenvalue weighted by Crippen LogP contribution is -2.30. The van der Waals surface area contributed by atoms with Gasteiger partial charge in [-0.05, 0) is 18.6 Å². The number of carboxylic acid groups (broad SMARTS) is 1. The van der Waals surface area contributed by atoms with Gasteiger partial charge in [-0.1, -0.05) is 12.8 Å². The molecule has 1 atom stereocenters. The molecule has 0 aromatic rings. The maximum absolute atomic E-state index is 10.3. The molecule has 64 valence electrons. The summed E-state index contributed by atoms with van der Waals surface area (Å²) in [6, 6.07) is 0. The number of thioether (sulfide) groups is 1. The largest absolute Gasteiger partial charge is 0.465 e. The van der Waals surface area contributed by atoms with E-state index in [4.69, 9.17) is 5.11 Å². The molecule has 0 spiro atoms. The number of amides is 1. The third kappa shape index (κ3) is 3.51. The van der Waals surface area contributed by atoms with Gasteiger partial charge in [0, 0.05) is 0 Å². The van der Waals surface area contributed by atoms with Crippen molar-refractivity contribution in [1.29, 1.82) is 0 Å². The molecule has 0 aliphatic carbocycles. The number of carbonyl (C=O) groups is 1. The van der Waals surface area contributed by atoms with Crippen molar-refractivity contribution in [2.24, 2.45) is 0 Å². The standard InChI is InChI=1S/C7H13NO2S/c9-7(10)8-6-4-2-1-3-5-11-6/h6,8H,1-5H2,(H,9,10). The molecule has 1 amide bonds. The molecule has 0 bridgehead atoms. The van der Waals surface area contributed by atoms with Crippen molar-refractivity contribution in [2.45, 2.75) is 31.1 Å². The van der Waals surface area contributed by atoms with E-state index < -0.39 is 6.09 Å². The highest BCUT2D eigenvalue weighted by atomic mass is 32.2. The molecule has 1 aliphatic rings. The van der Waals surface area contributed by atoms with Crippen LogP contribution in [0.1, 0.15) is 25.7 Å². The van der Waals surface area contributed by atoms with E-state index in [-0.39, 0.29) is 5.37 Å². The van der Waals surface area contributed by atoms with Crippen LogP contribution in [0.15, 0.2) is 0 Å². The van der Waals surface area contributed by atoms with Crippen LogP contribution in [0.5, 0.6) is 0 Å². The van der Waals surface area contributed by atoms with Gasteiger partial charge in [0.05, 0.1) is 5.37 Å². The molecule has 2 N–H and O–H groups in total. The minimum absolute atomic E-state index is 0.134. The Kier molecular flexibility index (Phi) is 3.56. The van der Waals surface area contributed by atoms with Crippen molar-refractivity contribution in [1.82, 2.24) is 5.32 Å². The summed E-state index contributed by atoms with van der Waals surface area (Å²) in [5, 5.41) is 11.1. The zero-order valence-electron chi connectivity index (χ0n) is 6.38. The Morgan fingerprint density at radius 2 is 2.27 bits per heavy atom. The van der Waals surface area contributed by atoms with Gasteiger partial charge in [0.25, 0.3) is 0 Å². The van der Waals surface area contributed by atoms with Crippen LogP contribution in [-0.4, -0.2) is 22.3 Å². The van der Waals surface area contributed by atoms with Crippen molar-refractivity contribution in [3.63, 3.8) is 0 Å². The van der Waals surface area contributed by atoms with E-state index in [1.165, 1.54) is 12.8 Å². The van der Waals surface area contributed by atoms with Gasteiger partial charge in [0.1, 0.15) is 0 Å². The molecule has 0 saturated carbocycles. The lowest BCUT2D eigenvalue weighted by molar-refractivity contribution is 0.193. The summed E-state index contributed by atoms with van der Waals surface area (Å²) in [6.45, 7) is 0. The fraction of sp³-hybridized carbons (Fsp3) is 0.857. The van der Waals surface area contributed by atoms with Crippen LogP contribution >= 0.6 is 11.8 Å². The molecular weight excluding hydrogens is 162 g/mol. The summed E-state index contributed by atoms with van der Waals surface area (Å²) >= 11 is 1.72. The normalized spacial score (nSPS) is 25.6. The maximum Gasteiger partial charge on any atom is 0.405 e. The van der Waals surface area contributed by atoms with Crippen molar-refractivity contribution in [3.8, 4) is 0 Å². The molecule has 1 fully saturated rings. The van der Waals surface area contributed by atoms with Gasteiger partial charge >= 0.3 is 6.09 Å². The van der Waals surface area contributed by atoms with Crippen LogP contribution < -0.4 is 5.32 Å². The molecule has 11 heavy (non-hydrogen) atoms. The van der Waals surface area contributed by atoms with Gasteiger partial charge in [-0.2, -0.15) is 0 Å². The summed E-state index contributed by atoms with van der Waals surface area (Å²) < 4.78 is 0. The van der Waals surface area contributed by atoms with Crippen molar-refractivity contribution >= 4 is 17.9 Å². The predicted molar refractivity (Wildman–Crippen MR) is 45.9 cm³/mol. The second-order valence-electron chi connectivity index (χ2n) is 2.66. The number of nitrogens with one attached hydrogen (secondary N) is 1. The lowest BCUT2D eigenvalue weighted by Gasteiger charge is -2.12. The van der Waals surface area contributed by atoms with Crippen LogP contribution in [0.25, 0.3) is 0 Å². The molecule has 1 heterocycles. The van der Waals surface area contributed by atoms with Gasteiger partial charge in [-0.25, -0.2) is 4.79 Å². The fourth-order valence-electron chi connectivity index (χ4n) is 1.17. The predicted octanol–water partition coefficient (Wildman–Crippen LogP) is 1.89. The highest BCUT2D eigenvalue weighted by molar-refractivity contribution is 7.99. The first-order valence-electron chi connectivity index (χ1n) is 3.90. The first-order chi connectivity index (χ1) is 5.29. The monoisotopic (exact) mass is 175 g/mol. The summed E-state index contributed by atoms with van der Waals surface area (Å²) in [5.41, 5.74) is 0. The highest BCUT2D eigenvalue weighted by Crippen LogP contribution is 2.21. The molecule has 0 aromatic heterocycles. The Labute approximate surface area is 70.6 Å². The zero-order chi connectivity index (χ0) is 8.10. The molecule has 1 saturated heterocycles. The third-order valence-corrected chi connectivity index (χ3v) is 2.99. The molecule has 1 aliphatic heterocycles. The first kappa shape index (κ1) is 8.71. The van der Waals surface area contributed by atoms with E-state index in [1.807, 2.05) is 0 Å². The maximum atomic E-state index is 10.3. The van der Waals surface area contributed by atoms with E-state index in [0.717, 1.165) is 18.6 Å². The van der Waals surface area contributed by atoms with Gasteiger partial charge in [0.2, 0.25) is 0 Å². The summed E-state index contributed by atoms with van der Waals surface area (Å²) in [4.78, 5) is 10.3. The van der Waals surface area contributed by atoms with E-state index in [0.29, 0.717) is 0 Å². The SMILES string of the molecule is O=C(O)NC1CCCCCS1. The van der Waals surface area contributed by atoms with Gasteiger partial charge in [-0.3, -0.25) is 0 Å². The average molecular weight is 175 g/mol. The van der Waals surface area contributed by atoms with E-state index >= 15 is 0 Å². The molecular formula is C7H13NO2S. The topological polar surface area (TPSA) is 49.3 Å². The summed E-state index contributed by atoms with van der Waals surface area (Å²) in [6.07, 6.45) is 3.70. The minimum Gasteiger partial charge on any atom is -0.465 e. The summed E-state index contributed by atoms with van der Waals surface area (Å²) in [5.74, 6) is 1.09. The fourth-order valence-corrected chi connectivity index (χ4v) is 2.34. The molecule has 3 nitrogen and oxygen atoms in total. The number of rotatable bonds is 1.